The summed E-state index contributed by atoms with van der Waals surface area (Å²) >= 11 is 11.9. The van der Waals surface area contributed by atoms with Gasteiger partial charge in [-0.15, -0.1) is 0 Å². The van der Waals surface area contributed by atoms with Crippen LogP contribution >= 0.6 is 23.2 Å². The molecule has 0 saturated heterocycles. The maximum absolute atomic E-state index is 5.99. The Morgan fingerprint density at radius 3 is 2.93 bits per heavy atom. The number of hydrogen-bond acceptors (Lipinski definition) is 2. The number of fused-ring (bicyclic) bond motifs is 3. The topological polar surface area (TPSA) is 30.2 Å². The van der Waals surface area contributed by atoms with E-state index in [0.29, 0.717) is 15.8 Å². The summed E-state index contributed by atoms with van der Waals surface area (Å²) in [5, 5.41) is 1.07. The molecule has 2 heterocycles. The van der Waals surface area contributed by atoms with E-state index in [1.807, 2.05) is 22.7 Å². The van der Waals surface area contributed by atoms with Crippen LogP contribution < -0.4 is 0 Å². The first-order valence-corrected chi connectivity index (χ1v) is 5.09. The summed E-state index contributed by atoms with van der Waals surface area (Å²) in [5.74, 6) is 0. The molecule has 0 bridgehead atoms. The lowest BCUT2D eigenvalue weighted by molar-refractivity contribution is 1.21. The number of aromatic nitrogens is 3. The molecule has 1 aromatic carbocycles. The third kappa shape index (κ3) is 1.28. The Labute approximate surface area is 95.3 Å². The highest BCUT2D eigenvalue weighted by atomic mass is 35.5. The number of imidazole rings is 1. The van der Waals surface area contributed by atoms with Crippen molar-refractivity contribution >= 4 is 39.9 Å². The molecule has 0 fully saturated rings. The van der Waals surface area contributed by atoms with Gasteiger partial charge in [-0.2, -0.15) is 0 Å². The minimum atomic E-state index is 0.398. The van der Waals surface area contributed by atoms with Crippen molar-refractivity contribution in [2.75, 3.05) is 0 Å². The summed E-state index contributed by atoms with van der Waals surface area (Å²) in [6.45, 7) is 0. The van der Waals surface area contributed by atoms with E-state index in [1.54, 1.807) is 12.3 Å². The van der Waals surface area contributed by atoms with Crippen LogP contribution in [-0.4, -0.2) is 14.4 Å². The summed E-state index contributed by atoms with van der Waals surface area (Å²) in [4.78, 5) is 8.36. The molecule has 0 atom stereocenters. The average Bonchev–Trinajstić information content (AvgIpc) is 2.69. The smallest absolute Gasteiger partial charge is 0.175 e. The van der Waals surface area contributed by atoms with E-state index in [-0.39, 0.29) is 0 Å². The van der Waals surface area contributed by atoms with E-state index >= 15 is 0 Å². The lowest BCUT2D eigenvalue weighted by Gasteiger charge is -2.03. The predicted octanol–water partition coefficient (Wildman–Crippen LogP) is 3.19. The number of benzene rings is 1. The summed E-state index contributed by atoms with van der Waals surface area (Å²) in [6, 6.07) is 5.47. The third-order valence-electron chi connectivity index (χ3n) is 2.24. The van der Waals surface area contributed by atoms with E-state index in [0.717, 1.165) is 11.0 Å². The van der Waals surface area contributed by atoms with Gasteiger partial charge in [-0.25, -0.2) is 9.97 Å². The van der Waals surface area contributed by atoms with Crippen LogP contribution in [0.5, 0.6) is 0 Å². The largest absolute Gasteiger partial charge is 0.295 e. The molecule has 0 amide bonds. The van der Waals surface area contributed by atoms with Crippen LogP contribution in [0.25, 0.3) is 16.7 Å². The van der Waals surface area contributed by atoms with Crippen molar-refractivity contribution in [1.82, 2.24) is 14.4 Å². The van der Waals surface area contributed by atoms with Gasteiger partial charge in [0.2, 0.25) is 0 Å². The van der Waals surface area contributed by atoms with Crippen molar-refractivity contribution < 1.29 is 0 Å². The molecule has 0 radical (unpaired) electrons. The van der Waals surface area contributed by atoms with Crippen LogP contribution in [0.3, 0.4) is 0 Å². The number of rotatable bonds is 0. The maximum atomic E-state index is 5.99. The first kappa shape index (κ1) is 8.95. The van der Waals surface area contributed by atoms with Crippen LogP contribution in [0.4, 0.5) is 0 Å². The van der Waals surface area contributed by atoms with E-state index in [1.165, 1.54) is 0 Å². The van der Waals surface area contributed by atoms with Crippen LogP contribution in [0.15, 0.2) is 30.6 Å². The van der Waals surface area contributed by atoms with Crippen molar-refractivity contribution in [3.05, 3.63) is 40.8 Å². The first-order chi connectivity index (χ1) is 7.25. The molecule has 0 unspecified atom stereocenters. The predicted molar refractivity (Wildman–Crippen MR) is 60.5 cm³/mol. The third-order valence-corrected chi connectivity index (χ3v) is 2.73. The molecule has 74 valence electrons. The quantitative estimate of drug-likeness (QED) is 0.602. The van der Waals surface area contributed by atoms with E-state index in [9.17, 15) is 0 Å². The molecule has 0 spiro atoms. The Balaban J connectivity index is 2.61. The van der Waals surface area contributed by atoms with Crippen molar-refractivity contribution in [1.29, 1.82) is 0 Å². The second kappa shape index (κ2) is 3.08. The van der Waals surface area contributed by atoms with Gasteiger partial charge in [-0.1, -0.05) is 23.2 Å². The molecule has 3 aromatic rings. The van der Waals surface area contributed by atoms with Crippen molar-refractivity contribution in [2.24, 2.45) is 0 Å². The SMILES string of the molecule is Clc1ccc2nc(Cl)c3nccn3c2c1. The Bertz CT molecular complexity index is 660. The Hall–Kier alpha value is -1.32. The van der Waals surface area contributed by atoms with Crippen LogP contribution in [0, 0.1) is 0 Å². The highest BCUT2D eigenvalue weighted by Crippen LogP contribution is 2.22. The number of nitrogens with zero attached hydrogens (tertiary/aromatic N) is 3. The molecular weight excluding hydrogens is 233 g/mol. The van der Waals surface area contributed by atoms with Gasteiger partial charge in [0.1, 0.15) is 0 Å². The summed E-state index contributed by atoms with van der Waals surface area (Å²) in [6.07, 6.45) is 3.52. The fourth-order valence-corrected chi connectivity index (χ4v) is 1.99. The normalized spacial score (nSPS) is 11.3. The second-order valence-corrected chi connectivity index (χ2v) is 3.95. The highest BCUT2D eigenvalue weighted by Gasteiger charge is 2.07. The molecule has 0 N–H and O–H groups in total. The van der Waals surface area contributed by atoms with Gasteiger partial charge in [0.15, 0.2) is 10.8 Å². The number of hydrogen-bond donors (Lipinski definition) is 0. The van der Waals surface area contributed by atoms with E-state index in [4.69, 9.17) is 23.2 Å². The molecule has 0 aliphatic heterocycles. The summed E-state index contributed by atoms with van der Waals surface area (Å²) in [7, 11) is 0. The number of halogens is 2. The van der Waals surface area contributed by atoms with Gasteiger partial charge in [-0.05, 0) is 18.2 Å². The molecule has 5 heteroatoms. The minimum Gasteiger partial charge on any atom is -0.295 e. The van der Waals surface area contributed by atoms with Gasteiger partial charge in [-0.3, -0.25) is 4.40 Å². The first-order valence-electron chi connectivity index (χ1n) is 4.33. The molecule has 0 aliphatic carbocycles. The molecule has 0 saturated carbocycles. The molecular formula is C10H5Cl2N3. The minimum absolute atomic E-state index is 0.398. The summed E-state index contributed by atoms with van der Waals surface area (Å²) in [5.41, 5.74) is 2.35. The fourth-order valence-electron chi connectivity index (χ4n) is 1.59. The molecule has 15 heavy (non-hydrogen) atoms. The lowest BCUT2D eigenvalue weighted by Crippen LogP contribution is -1.91. The Morgan fingerprint density at radius 2 is 2.07 bits per heavy atom. The van der Waals surface area contributed by atoms with Crippen LogP contribution in [0.1, 0.15) is 0 Å². The highest BCUT2D eigenvalue weighted by molar-refractivity contribution is 6.33. The van der Waals surface area contributed by atoms with E-state index in [2.05, 4.69) is 9.97 Å². The average molecular weight is 238 g/mol. The lowest BCUT2D eigenvalue weighted by atomic mass is 10.3. The van der Waals surface area contributed by atoms with Gasteiger partial charge < -0.3 is 0 Å². The van der Waals surface area contributed by atoms with Gasteiger partial charge in [0.05, 0.1) is 11.0 Å². The fraction of sp³-hybridized carbons (Fsp3) is 0. The van der Waals surface area contributed by atoms with Crippen LogP contribution in [-0.2, 0) is 0 Å². The van der Waals surface area contributed by atoms with Crippen LogP contribution in [0.2, 0.25) is 10.2 Å². The Morgan fingerprint density at radius 1 is 1.20 bits per heavy atom. The van der Waals surface area contributed by atoms with Crippen molar-refractivity contribution in [3.8, 4) is 0 Å². The second-order valence-electron chi connectivity index (χ2n) is 3.16. The zero-order valence-electron chi connectivity index (χ0n) is 7.48. The standard InChI is InChI=1S/C10H5Cl2N3/c11-6-1-2-7-8(5-6)15-4-3-13-10(15)9(12)14-7/h1-5H. The maximum Gasteiger partial charge on any atom is 0.175 e. The Kier molecular flexibility index (Phi) is 1.84. The molecule has 2 aromatic heterocycles. The van der Waals surface area contributed by atoms with Crippen molar-refractivity contribution in [3.63, 3.8) is 0 Å². The zero-order chi connectivity index (χ0) is 10.4. The van der Waals surface area contributed by atoms with Gasteiger partial charge >= 0.3 is 0 Å². The van der Waals surface area contributed by atoms with Gasteiger partial charge in [0, 0.05) is 17.4 Å². The molecule has 3 nitrogen and oxygen atoms in total. The monoisotopic (exact) mass is 237 g/mol. The van der Waals surface area contributed by atoms with Crippen molar-refractivity contribution in [2.45, 2.75) is 0 Å². The van der Waals surface area contributed by atoms with E-state index < -0.39 is 0 Å². The molecule has 3 rings (SSSR count). The zero-order valence-corrected chi connectivity index (χ0v) is 9.00. The summed E-state index contributed by atoms with van der Waals surface area (Å²) < 4.78 is 1.87. The molecule has 0 aliphatic rings. The van der Waals surface area contributed by atoms with Gasteiger partial charge in [0.25, 0.3) is 0 Å².